The van der Waals surface area contributed by atoms with Gasteiger partial charge in [-0.15, -0.1) is 0 Å². The summed E-state index contributed by atoms with van der Waals surface area (Å²) in [6, 6.07) is 10.4. The topological polar surface area (TPSA) is 32.3 Å². The molecule has 1 aromatic carbocycles. The fourth-order valence-corrected chi connectivity index (χ4v) is 1.94. The van der Waals surface area contributed by atoms with E-state index in [1.807, 2.05) is 23.1 Å². The van der Waals surface area contributed by atoms with Crippen molar-refractivity contribution in [3.63, 3.8) is 0 Å². The number of amides is 1. The quantitative estimate of drug-likeness (QED) is 0.731. The van der Waals surface area contributed by atoms with E-state index in [1.165, 1.54) is 5.56 Å². The van der Waals surface area contributed by atoms with Crippen LogP contribution in [0.25, 0.3) is 0 Å². The van der Waals surface area contributed by atoms with Crippen molar-refractivity contribution < 1.29 is 4.79 Å². The average Bonchev–Trinajstić information content (AvgIpc) is 2.41. The Labute approximate surface area is 117 Å². The third kappa shape index (κ3) is 5.88. The number of nitrogens with one attached hydrogen (secondary N) is 1. The van der Waals surface area contributed by atoms with E-state index in [2.05, 4.69) is 38.2 Å². The number of carbonyl (C=O) groups is 1. The molecule has 0 aliphatic rings. The maximum Gasteiger partial charge on any atom is 0.237 e. The lowest BCUT2D eigenvalue weighted by atomic mass is 10.2. The van der Waals surface area contributed by atoms with Crippen LogP contribution in [0, 0.1) is 0 Å². The zero-order chi connectivity index (χ0) is 14.1. The van der Waals surface area contributed by atoms with E-state index in [-0.39, 0.29) is 11.9 Å². The number of nitrogens with zero attached hydrogens (tertiary/aromatic N) is 1. The highest BCUT2D eigenvalue weighted by Crippen LogP contribution is 2.08. The molecule has 0 aliphatic carbocycles. The maximum atomic E-state index is 12.2. The summed E-state index contributed by atoms with van der Waals surface area (Å²) in [6.07, 6.45) is 2.27. The molecule has 1 N–H and O–H groups in total. The van der Waals surface area contributed by atoms with Gasteiger partial charge < -0.3 is 10.2 Å². The fourth-order valence-electron chi connectivity index (χ4n) is 1.94. The van der Waals surface area contributed by atoms with Crippen LogP contribution in [0.3, 0.4) is 0 Å². The van der Waals surface area contributed by atoms with Gasteiger partial charge in [0.15, 0.2) is 0 Å². The van der Waals surface area contributed by atoms with Gasteiger partial charge >= 0.3 is 0 Å². The summed E-state index contributed by atoms with van der Waals surface area (Å²) in [5.74, 6) is 0.176. The third-order valence-corrected chi connectivity index (χ3v) is 3.12. The predicted molar refractivity (Wildman–Crippen MR) is 79.9 cm³/mol. The minimum atomic E-state index is 0.176. The van der Waals surface area contributed by atoms with Crippen LogP contribution < -0.4 is 5.32 Å². The van der Waals surface area contributed by atoms with Gasteiger partial charge in [-0.3, -0.25) is 4.79 Å². The van der Waals surface area contributed by atoms with Crippen molar-refractivity contribution in [1.29, 1.82) is 0 Å². The number of hydrogen-bond donors (Lipinski definition) is 1. The van der Waals surface area contributed by atoms with E-state index in [9.17, 15) is 4.79 Å². The molecule has 19 heavy (non-hydrogen) atoms. The molecule has 3 nitrogen and oxygen atoms in total. The van der Waals surface area contributed by atoms with Gasteiger partial charge in [0, 0.05) is 12.6 Å². The van der Waals surface area contributed by atoms with E-state index in [0.717, 1.165) is 19.4 Å². The molecule has 1 rings (SSSR count). The molecular formula is C16H26N2O. The fraction of sp³-hybridized carbons (Fsp3) is 0.562. The minimum Gasteiger partial charge on any atom is -0.335 e. The standard InChI is InChI=1S/C16H26N2O/c1-4-5-11-17-12-16(19)18(14(2)3)13-15-9-7-6-8-10-15/h6-10,14,17H,4-5,11-13H2,1-3H3. The summed E-state index contributed by atoms with van der Waals surface area (Å²) in [5, 5.41) is 3.22. The molecule has 106 valence electrons. The van der Waals surface area contributed by atoms with Crippen molar-refractivity contribution in [2.24, 2.45) is 0 Å². The van der Waals surface area contributed by atoms with Crippen molar-refractivity contribution in [3.8, 4) is 0 Å². The zero-order valence-corrected chi connectivity index (χ0v) is 12.4. The van der Waals surface area contributed by atoms with Crippen molar-refractivity contribution in [2.45, 2.75) is 46.2 Å². The van der Waals surface area contributed by atoms with E-state index in [1.54, 1.807) is 0 Å². The van der Waals surface area contributed by atoms with Gasteiger partial charge in [-0.05, 0) is 32.4 Å². The van der Waals surface area contributed by atoms with Crippen molar-refractivity contribution in [3.05, 3.63) is 35.9 Å². The van der Waals surface area contributed by atoms with E-state index in [4.69, 9.17) is 0 Å². The van der Waals surface area contributed by atoms with Crippen LogP contribution >= 0.6 is 0 Å². The molecule has 0 unspecified atom stereocenters. The first-order valence-corrected chi connectivity index (χ1v) is 7.19. The van der Waals surface area contributed by atoms with Crippen molar-refractivity contribution in [2.75, 3.05) is 13.1 Å². The van der Waals surface area contributed by atoms with Crippen LogP contribution in [0.5, 0.6) is 0 Å². The second kappa shape index (κ2) is 8.70. The lowest BCUT2D eigenvalue weighted by molar-refractivity contribution is -0.132. The Kier molecular flexibility index (Phi) is 7.19. The van der Waals surface area contributed by atoms with Crippen LogP contribution in [0.15, 0.2) is 30.3 Å². The first kappa shape index (κ1) is 15.7. The molecule has 3 heteroatoms. The second-order valence-corrected chi connectivity index (χ2v) is 5.13. The molecule has 0 fully saturated rings. The van der Waals surface area contributed by atoms with E-state index < -0.39 is 0 Å². The Morgan fingerprint density at radius 1 is 1.26 bits per heavy atom. The van der Waals surface area contributed by atoms with Crippen LogP contribution in [0.2, 0.25) is 0 Å². The molecule has 0 spiro atoms. The molecule has 1 aromatic rings. The smallest absolute Gasteiger partial charge is 0.237 e. The zero-order valence-electron chi connectivity index (χ0n) is 12.4. The average molecular weight is 262 g/mol. The van der Waals surface area contributed by atoms with Crippen molar-refractivity contribution in [1.82, 2.24) is 10.2 Å². The Morgan fingerprint density at radius 3 is 2.53 bits per heavy atom. The summed E-state index contributed by atoms with van der Waals surface area (Å²) in [5.41, 5.74) is 1.18. The highest BCUT2D eigenvalue weighted by molar-refractivity contribution is 5.78. The number of rotatable bonds is 8. The van der Waals surface area contributed by atoms with Crippen LogP contribution in [-0.4, -0.2) is 29.9 Å². The number of unbranched alkanes of at least 4 members (excludes halogenated alkanes) is 1. The maximum absolute atomic E-state index is 12.2. The molecule has 0 radical (unpaired) electrons. The first-order valence-electron chi connectivity index (χ1n) is 7.19. The third-order valence-electron chi connectivity index (χ3n) is 3.12. The van der Waals surface area contributed by atoms with Gasteiger partial charge in [0.2, 0.25) is 5.91 Å². The summed E-state index contributed by atoms with van der Waals surface area (Å²) in [6.45, 7) is 8.32. The minimum absolute atomic E-state index is 0.176. The number of carbonyl (C=O) groups excluding carboxylic acids is 1. The molecule has 0 aromatic heterocycles. The molecular weight excluding hydrogens is 236 g/mol. The molecule has 0 atom stereocenters. The second-order valence-electron chi connectivity index (χ2n) is 5.13. The van der Waals surface area contributed by atoms with E-state index >= 15 is 0 Å². The van der Waals surface area contributed by atoms with Crippen LogP contribution in [-0.2, 0) is 11.3 Å². The summed E-state index contributed by atoms with van der Waals surface area (Å²) >= 11 is 0. The molecule has 0 bridgehead atoms. The monoisotopic (exact) mass is 262 g/mol. The summed E-state index contributed by atoms with van der Waals surface area (Å²) in [4.78, 5) is 14.1. The Balaban J connectivity index is 2.50. The Hall–Kier alpha value is -1.35. The van der Waals surface area contributed by atoms with Crippen LogP contribution in [0.1, 0.15) is 39.2 Å². The van der Waals surface area contributed by atoms with Crippen LogP contribution in [0.4, 0.5) is 0 Å². The highest BCUT2D eigenvalue weighted by atomic mass is 16.2. The molecule has 1 amide bonds. The van der Waals surface area contributed by atoms with Crippen molar-refractivity contribution >= 4 is 5.91 Å². The van der Waals surface area contributed by atoms with Gasteiger partial charge in [-0.25, -0.2) is 0 Å². The summed E-state index contributed by atoms with van der Waals surface area (Å²) < 4.78 is 0. The predicted octanol–water partition coefficient (Wildman–Crippen LogP) is 2.81. The molecule has 0 aliphatic heterocycles. The van der Waals surface area contributed by atoms with Gasteiger partial charge in [0.1, 0.15) is 0 Å². The van der Waals surface area contributed by atoms with Gasteiger partial charge in [0.25, 0.3) is 0 Å². The normalized spacial score (nSPS) is 10.7. The largest absolute Gasteiger partial charge is 0.335 e. The molecule has 0 heterocycles. The first-order chi connectivity index (χ1) is 9.15. The Bertz CT molecular complexity index is 362. The van der Waals surface area contributed by atoms with E-state index in [0.29, 0.717) is 13.1 Å². The van der Waals surface area contributed by atoms with Gasteiger partial charge in [-0.2, -0.15) is 0 Å². The van der Waals surface area contributed by atoms with Gasteiger partial charge in [-0.1, -0.05) is 43.7 Å². The number of hydrogen-bond acceptors (Lipinski definition) is 2. The summed E-state index contributed by atoms with van der Waals surface area (Å²) in [7, 11) is 0. The SMILES string of the molecule is CCCCNCC(=O)N(Cc1ccccc1)C(C)C. The lowest BCUT2D eigenvalue weighted by Crippen LogP contribution is -2.42. The highest BCUT2D eigenvalue weighted by Gasteiger charge is 2.16. The number of benzene rings is 1. The van der Waals surface area contributed by atoms with Gasteiger partial charge in [0.05, 0.1) is 6.54 Å². The molecule has 0 saturated carbocycles. The lowest BCUT2D eigenvalue weighted by Gasteiger charge is -2.27. The Morgan fingerprint density at radius 2 is 1.95 bits per heavy atom. The molecule has 0 saturated heterocycles.